The van der Waals surface area contributed by atoms with Gasteiger partial charge in [-0.15, -0.1) is 11.8 Å². The Morgan fingerprint density at radius 2 is 1.96 bits per heavy atom. The van der Waals surface area contributed by atoms with Crippen molar-refractivity contribution in [1.29, 1.82) is 0 Å². The van der Waals surface area contributed by atoms with Gasteiger partial charge in [-0.05, 0) is 24.5 Å². The van der Waals surface area contributed by atoms with Crippen molar-refractivity contribution >= 4 is 35.0 Å². The van der Waals surface area contributed by atoms with Crippen LogP contribution >= 0.6 is 11.8 Å². The fraction of sp³-hybridized carbons (Fsp3) is 0.125. The van der Waals surface area contributed by atoms with E-state index in [0.717, 1.165) is 11.0 Å². The lowest BCUT2D eigenvalue weighted by Gasteiger charge is -2.09. The van der Waals surface area contributed by atoms with Crippen LogP contribution in [0.3, 0.4) is 0 Å². The number of nitro benzene ring substituents is 1. The number of nitrogens with zero attached hydrogens (tertiary/aromatic N) is 1. The number of hydrogen-bond donors (Lipinski definition) is 1. The van der Waals surface area contributed by atoms with E-state index in [-0.39, 0.29) is 11.3 Å². The number of nitro groups is 1. The zero-order valence-corrected chi connectivity index (χ0v) is 13.5. The maximum absolute atomic E-state index is 11.9. The number of carbonyl (C=O) groups is 2. The number of esters is 1. The lowest BCUT2D eigenvalue weighted by molar-refractivity contribution is -0.384. The molecule has 0 bridgehead atoms. The Balaban J connectivity index is 1.95. The van der Waals surface area contributed by atoms with Gasteiger partial charge in [-0.25, -0.2) is 4.79 Å². The predicted octanol–water partition coefficient (Wildman–Crippen LogP) is 3.11. The molecule has 0 aliphatic heterocycles. The van der Waals surface area contributed by atoms with Gasteiger partial charge in [0, 0.05) is 17.0 Å². The van der Waals surface area contributed by atoms with E-state index in [1.54, 1.807) is 12.1 Å². The summed E-state index contributed by atoms with van der Waals surface area (Å²) in [7, 11) is 0. The summed E-state index contributed by atoms with van der Waals surface area (Å²) in [5.74, 6) is -1.29. The smallest absolute Gasteiger partial charge is 0.338 e. The highest BCUT2D eigenvalue weighted by molar-refractivity contribution is 7.98. The monoisotopic (exact) mass is 346 g/mol. The zero-order chi connectivity index (χ0) is 17.5. The highest BCUT2D eigenvalue weighted by Gasteiger charge is 2.14. The molecule has 2 rings (SSSR count). The Morgan fingerprint density at radius 3 is 2.67 bits per heavy atom. The summed E-state index contributed by atoms with van der Waals surface area (Å²) in [6.45, 7) is -0.482. The van der Waals surface area contributed by atoms with Gasteiger partial charge in [-0.3, -0.25) is 14.9 Å². The van der Waals surface area contributed by atoms with Crippen LogP contribution < -0.4 is 5.32 Å². The lowest BCUT2D eigenvalue weighted by atomic mass is 10.2. The highest BCUT2D eigenvalue weighted by atomic mass is 32.2. The third-order valence-corrected chi connectivity index (χ3v) is 3.80. The van der Waals surface area contributed by atoms with E-state index in [1.807, 2.05) is 18.4 Å². The second-order valence-electron chi connectivity index (χ2n) is 4.63. The molecule has 0 atom stereocenters. The minimum atomic E-state index is -0.799. The third-order valence-electron chi connectivity index (χ3n) is 3.01. The van der Waals surface area contributed by atoms with Crippen LogP contribution in [0.25, 0.3) is 0 Å². The van der Waals surface area contributed by atoms with E-state index < -0.39 is 23.4 Å². The molecular formula is C16H14N2O5S. The predicted molar refractivity (Wildman–Crippen MR) is 90.2 cm³/mol. The first-order valence-electron chi connectivity index (χ1n) is 6.85. The number of anilines is 1. The van der Waals surface area contributed by atoms with E-state index in [0.29, 0.717) is 5.69 Å². The molecule has 0 aliphatic carbocycles. The number of hydrogen-bond acceptors (Lipinski definition) is 6. The maximum atomic E-state index is 11.9. The van der Waals surface area contributed by atoms with Crippen LogP contribution in [0, 0.1) is 10.1 Å². The minimum Gasteiger partial charge on any atom is -0.452 e. The van der Waals surface area contributed by atoms with Crippen LogP contribution in [0.2, 0.25) is 0 Å². The molecular weight excluding hydrogens is 332 g/mol. The summed E-state index contributed by atoms with van der Waals surface area (Å²) in [4.78, 5) is 34.7. The van der Waals surface area contributed by atoms with Gasteiger partial charge in [0.05, 0.1) is 16.2 Å². The maximum Gasteiger partial charge on any atom is 0.338 e. The van der Waals surface area contributed by atoms with Gasteiger partial charge < -0.3 is 10.1 Å². The SMILES string of the molecule is CSc1ccccc1NC(=O)COC(=O)c1cccc([N+](=O)[O-])c1. The van der Waals surface area contributed by atoms with Crippen molar-refractivity contribution in [1.82, 2.24) is 0 Å². The van der Waals surface area contributed by atoms with Crippen molar-refractivity contribution in [2.75, 3.05) is 18.2 Å². The van der Waals surface area contributed by atoms with Crippen LogP contribution in [0.1, 0.15) is 10.4 Å². The summed E-state index contributed by atoms with van der Waals surface area (Å²) in [6.07, 6.45) is 1.88. The third kappa shape index (κ3) is 4.56. The standard InChI is InChI=1S/C16H14N2O5S/c1-24-14-8-3-2-7-13(14)17-15(19)10-23-16(20)11-5-4-6-12(9-11)18(21)22/h2-9H,10H2,1H3,(H,17,19). The van der Waals surface area contributed by atoms with Gasteiger partial charge in [0.15, 0.2) is 6.61 Å². The number of carbonyl (C=O) groups excluding carboxylic acids is 2. The van der Waals surface area contributed by atoms with Crippen molar-refractivity contribution < 1.29 is 19.2 Å². The largest absolute Gasteiger partial charge is 0.452 e. The number of non-ortho nitro benzene ring substituents is 1. The van der Waals surface area contributed by atoms with Gasteiger partial charge in [0.1, 0.15) is 0 Å². The van der Waals surface area contributed by atoms with Crippen LogP contribution in [-0.2, 0) is 9.53 Å². The molecule has 124 valence electrons. The van der Waals surface area contributed by atoms with Crippen molar-refractivity contribution in [3.63, 3.8) is 0 Å². The Bertz CT molecular complexity index is 779. The lowest BCUT2D eigenvalue weighted by Crippen LogP contribution is -2.21. The molecule has 0 heterocycles. The van der Waals surface area contributed by atoms with Crippen molar-refractivity contribution in [3.05, 3.63) is 64.2 Å². The molecule has 0 unspecified atom stereocenters. The first kappa shape index (κ1) is 17.5. The molecule has 0 fully saturated rings. The molecule has 0 aromatic heterocycles. The van der Waals surface area contributed by atoms with Crippen LogP contribution in [0.5, 0.6) is 0 Å². The van der Waals surface area contributed by atoms with E-state index in [1.165, 1.54) is 30.0 Å². The van der Waals surface area contributed by atoms with Crippen LogP contribution in [-0.4, -0.2) is 29.7 Å². The average Bonchev–Trinajstić information content (AvgIpc) is 2.60. The Labute approximate surface area is 142 Å². The Morgan fingerprint density at radius 1 is 1.21 bits per heavy atom. The van der Waals surface area contributed by atoms with Gasteiger partial charge in [0.25, 0.3) is 11.6 Å². The highest BCUT2D eigenvalue weighted by Crippen LogP contribution is 2.24. The summed E-state index contributed by atoms with van der Waals surface area (Å²) >= 11 is 1.48. The van der Waals surface area contributed by atoms with Crippen molar-refractivity contribution in [3.8, 4) is 0 Å². The summed E-state index contributed by atoms with van der Waals surface area (Å²) in [6, 6.07) is 12.4. The number of ether oxygens (including phenoxy) is 1. The first-order valence-corrected chi connectivity index (χ1v) is 8.08. The van der Waals surface area contributed by atoms with Gasteiger partial charge in [-0.2, -0.15) is 0 Å². The molecule has 0 saturated carbocycles. The molecule has 0 saturated heterocycles. The molecule has 2 aromatic rings. The van der Waals surface area contributed by atoms with Gasteiger partial charge in [-0.1, -0.05) is 18.2 Å². The zero-order valence-electron chi connectivity index (χ0n) is 12.7. The molecule has 0 radical (unpaired) electrons. The van der Waals surface area contributed by atoms with E-state index in [4.69, 9.17) is 4.74 Å². The van der Waals surface area contributed by atoms with Gasteiger partial charge >= 0.3 is 5.97 Å². The molecule has 2 aromatic carbocycles. The number of nitrogens with one attached hydrogen (secondary N) is 1. The first-order chi connectivity index (χ1) is 11.5. The fourth-order valence-corrected chi connectivity index (χ4v) is 2.45. The number of amides is 1. The van der Waals surface area contributed by atoms with Crippen LogP contribution in [0.4, 0.5) is 11.4 Å². The second-order valence-corrected chi connectivity index (χ2v) is 5.48. The number of benzene rings is 2. The van der Waals surface area contributed by atoms with Crippen molar-refractivity contribution in [2.45, 2.75) is 4.90 Å². The number of rotatable bonds is 6. The molecule has 8 heteroatoms. The van der Waals surface area contributed by atoms with E-state index >= 15 is 0 Å². The average molecular weight is 346 g/mol. The van der Waals surface area contributed by atoms with Crippen LogP contribution in [0.15, 0.2) is 53.4 Å². The second kappa shape index (κ2) is 8.11. The summed E-state index contributed by atoms with van der Waals surface area (Å²) in [5, 5.41) is 13.3. The molecule has 0 spiro atoms. The minimum absolute atomic E-state index is 0.0153. The molecule has 7 nitrogen and oxygen atoms in total. The topological polar surface area (TPSA) is 98.5 Å². The molecule has 0 aliphatic rings. The van der Waals surface area contributed by atoms with E-state index in [2.05, 4.69) is 5.32 Å². The van der Waals surface area contributed by atoms with Crippen molar-refractivity contribution in [2.24, 2.45) is 0 Å². The normalized spacial score (nSPS) is 10.0. The summed E-state index contributed by atoms with van der Waals surface area (Å²) in [5.41, 5.74) is 0.422. The number of thioether (sulfide) groups is 1. The van der Waals surface area contributed by atoms with Gasteiger partial charge in [0.2, 0.25) is 0 Å². The molecule has 24 heavy (non-hydrogen) atoms. The Hall–Kier alpha value is -2.87. The fourth-order valence-electron chi connectivity index (χ4n) is 1.90. The quantitative estimate of drug-likeness (QED) is 0.373. The molecule has 1 N–H and O–H groups in total. The van der Waals surface area contributed by atoms with E-state index in [9.17, 15) is 19.7 Å². The molecule has 1 amide bonds. The Kier molecular flexibility index (Phi) is 5.91. The number of para-hydroxylation sites is 1. The summed E-state index contributed by atoms with van der Waals surface area (Å²) < 4.78 is 4.89.